The number of fused-ring (bicyclic) bond motifs is 1. The van der Waals surface area contributed by atoms with Gasteiger partial charge in [-0.15, -0.1) is 11.3 Å². The second-order valence-corrected chi connectivity index (χ2v) is 10.5. The fourth-order valence-corrected chi connectivity index (χ4v) is 6.05. The molecular weight excluding hydrogens is 534 g/mol. The summed E-state index contributed by atoms with van der Waals surface area (Å²) in [6.45, 7) is 5.36. The number of nitrogens with zero attached hydrogens (tertiary/aromatic N) is 3. The monoisotopic (exact) mass is 555 g/mol. The number of imide groups is 1. The second-order valence-electron chi connectivity index (χ2n) is 8.84. The van der Waals surface area contributed by atoms with Crippen LogP contribution < -0.4 is 9.96 Å². The van der Waals surface area contributed by atoms with E-state index in [1.54, 1.807) is 57.2 Å². The maximum Gasteiger partial charge on any atom is 0.341 e. The summed E-state index contributed by atoms with van der Waals surface area (Å²) in [7, 11) is 0. The Balaban J connectivity index is 1.59. The van der Waals surface area contributed by atoms with Crippen molar-refractivity contribution in [1.82, 2.24) is 0 Å². The van der Waals surface area contributed by atoms with Crippen LogP contribution in [0.3, 0.4) is 0 Å². The normalized spacial score (nSPS) is 20.7. The molecule has 2 aliphatic heterocycles. The number of nitro groups is 1. The number of esters is 1. The molecule has 2 amide bonds. The molecule has 10 nitrogen and oxygen atoms in total. The Morgan fingerprint density at radius 3 is 2.37 bits per heavy atom. The molecule has 0 spiro atoms. The second kappa shape index (κ2) is 9.82. The van der Waals surface area contributed by atoms with E-state index < -0.39 is 40.8 Å². The molecule has 3 atom stereocenters. The molecule has 0 bridgehead atoms. The number of anilines is 2. The van der Waals surface area contributed by atoms with Gasteiger partial charge in [0.15, 0.2) is 6.10 Å². The Morgan fingerprint density at radius 2 is 1.76 bits per heavy atom. The van der Waals surface area contributed by atoms with Gasteiger partial charge in [0.1, 0.15) is 10.9 Å². The third-order valence-electron chi connectivity index (χ3n) is 6.69. The molecule has 2 fully saturated rings. The fourth-order valence-electron chi connectivity index (χ4n) is 4.77. The molecule has 3 heterocycles. The van der Waals surface area contributed by atoms with Crippen molar-refractivity contribution in [3.63, 3.8) is 0 Å². The van der Waals surface area contributed by atoms with Crippen molar-refractivity contribution < 1.29 is 28.9 Å². The maximum absolute atomic E-state index is 14.0. The van der Waals surface area contributed by atoms with Gasteiger partial charge in [0, 0.05) is 22.0 Å². The smallest absolute Gasteiger partial charge is 0.341 e. The summed E-state index contributed by atoms with van der Waals surface area (Å²) >= 11 is 7.21. The molecule has 2 aromatic carbocycles. The lowest BCUT2D eigenvalue weighted by Gasteiger charge is -2.28. The number of hydroxylamine groups is 1. The number of ether oxygens (including phenoxy) is 1. The number of aryl methyl sites for hydroxylation is 1. The number of carbonyl (C=O) groups is 3. The first-order valence-corrected chi connectivity index (χ1v) is 12.9. The Bertz CT molecular complexity index is 1450. The van der Waals surface area contributed by atoms with Crippen LogP contribution in [0.1, 0.15) is 39.3 Å². The zero-order valence-corrected chi connectivity index (χ0v) is 22.1. The molecule has 1 aromatic heterocycles. The lowest BCUT2D eigenvalue weighted by atomic mass is 9.90. The Morgan fingerprint density at radius 1 is 1.11 bits per heavy atom. The van der Waals surface area contributed by atoms with Crippen LogP contribution in [0.5, 0.6) is 0 Å². The number of thiophene rings is 1. The number of benzene rings is 2. The van der Waals surface area contributed by atoms with Crippen LogP contribution in [0, 0.1) is 29.9 Å². The largest absolute Gasteiger partial charge is 0.462 e. The van der Waals surface area contributed by atoms with Gasteiger partial charge in [-0.1, -0.05) is 23.7 Å². The van der Waals surface area contributed by atoms with Gasteiger partial charge in [-0.2, -0.15) is 0 Å². The van der Waals surface area contributed by atoms with Gasteiger partial charge < -0.3 is 4.74 Å². The van der Waals surface area contributed by atoms with Gasteiger partial charge in [-0.05, 0) is 56.2 Å². The van der Waals surface area contributed by atoms with Crippen molar-refractivity contribution in [2.45, 2.75) is 32.9 Å². The van der Waals surface area contributed by atoms with E-state index in [0.717, 1.165) is 21.1 Å². The van der Waals surface area contributed by atoms with Crippen molar-refractivity contribution in [3.05, 3.63) is 85.2 Å². The van der Waals surface area contributed by atoms with Crippen LogP contribution in [-0.4, -0.2) is 35.4 Å². The van der Waals surface area contributed by atoms with E-state index in [9.17, 15) is 24.5 Å². The number of hydrogen-bond donors (Lipinski definition) is 0. The lowest BCUT2D eigenvalue weighted by molar-refractivity contribution is -0.384. The van der Waals surface area contributed by atoms with Gasteiger partial charge in [0.2, 0.25) is 5.91 Å². The van der Waals surface area contributed by atoms with E-state index >= 15 is 0 Å². The quantitative estimate of drug-likeness (QED) is 0.177. The van der Waals surface area contributed by atoms with Crippen molar-refractivity contribution in [3.8, 4) is 0 Å². The Kier molecular flexibility index (Phi) is 6.68. The highest BCUT2D eigenvalue weighted by Gasteiger charge is 2.61. The highest BCUT2D eigenvalue weighted by Crippen LogP contribution is 2.49. The number of rotatable bonds is 6. The number of non-ortho nitro benzene ring substituents is 1. The lowest BCUT2D eigenvalue weighted by Crippen LogP contribution is -2.37. The predicted octanol–water partition coefficient (Wildman–Crippen LogP) is 5.15. The summed E-state index contributed by atoms with van der Waals surface area (Å²) in [5, 5.41) is 13.4. The van der Waals surface area contributed by atoms with Crippen molar-refractivity contribution >= 4 is 57.1 Å². The average molecular weight is 556 g/mol. The van der Waals surface area contributed by atoms with Gasteiger partial charge in [0.25, 0.3) is 11.6 Å². The maximum atomic E-state index is 14.0. The summed E-state index contributed by atoms with van der Waals surface area (Å²) in [5.74, 6) is -2.73. The van der Waals surface area contributed by atoms with E-state index in [2.05, 4.69) is 0 Å². The molecule has 12 heteroatoms. The number of carbonyl (C=O) groups excluding carboxylic acids is 3. The molecule has 2 aliphatic rings. The summed E-state index contributed by atoms with van der Waals surface area (Å²) in [6, 6.07) is 11.7. The molecule has 0 unspecified atom stereocenters. The van der Waals surface area contributed by atoms with Crippen LogP contribution >= 0.6 is 22.9 Å². The molecule has 196 valence electrons. The van der Waals surface area contributed by atoms with Crippen LogP contribution in [0.15, 0.2) is 48.5 Å². The van der Waals surface area contributed by atoms with Crippen molar-refractivity contribution in [2.75, 3.05) is 16.6 Å². The Labute approximate surface area is 226 Å². The number of nitro benzene ring substituents is 1. The minimum atomic E-state index is -1.17. The van der Waals surface area contributed by atoms with Crippen LogP contribution in [0.2, 0.25) is 5.02 Å². The molecule has 2 saturated heterocycles. The van der Waals surface area contributed by atoms with Crippen molar-refractivity contribution in [1.29, 1.82) is 0 Å². The number of halogens is 1. The van der Waals surface area contributed by atoms with Crippen LogP contribution in [0.4, 0.5) is 16.4 Å². The standard InChI is InChI=1S/C26H22ClN3O7S/c1-4-36-26(33)19-13(2)14(3)38-25(19)28-23(31)20-21(15-5-9-18(10-6-15)30(34)35)29(37-22(20)24(28)32)17-11-7-16(27)8-12-17/h5-12,20-22H,4H2,1-3H3/t20-,21-,22-/m1/s1. The average Bonchev–Trinajstić information content (AvgIpc) is 3.50. The van der Waals surface area contributed by atoms with Gasteiger partial charge >= 0.3 is 5.97 Å². The molecule has 0 saturated carbocycles. The van der Waals surface area contributed by atoms with E-state index in [1.165, 1.54) is 17.2 Å². The number of hydrogen-bond acceptors (Lipinski definition) is 9. The number of amides is 2. The van der Waals surface area contributed by atoms with Crippen molar-refractivity contribution in [2.24, 2.45) is 5.92 Å². The fraction of sp³-hybridized carbons (Fsp3) is 0.269. The van der Waals surface area contributed by atoms with Gasteiger partial charge in [0.05, 0.1) is 28.8 Å². The minimum absolute atomic E-state index is 0.110. The van der Waals surface area contributed by atoms with E-state index in [4.69, 9.17) is 21.2 Å². The minimum Gasteiger partial charge on any atom is -0.462 e. The summed E-state index contributed by atoms with van der Waals surface area (Å²) in [4.78, 5) is 59.0. The third-order valence-corrected chi connectivity index (χ3v) is 8.14. The molecule has 3 aromatic rings. The topological polar surface area (TPSA) is 119 Å². The first-order chi connectivity index (χ1) is 18.1. The van der Waals surface area contributed by atoms with Gasteiger partial charge in [-0.25, -0.2) is 14.8 Å². The molecule has 5 rings (SSSR count). The van der Waals surface area contributed by atoms with E-state index in [1.807, 2.05) is 0 Å². The highest BCUT2D eigenvalue weighted by molar-refractivity contribution is 7.17. The molecular formula is C26H22ClN3O7S. The first-order valence-electron chi connectivity index (χ1n) is 11.7. The Hall–Kier alpha value is -3.80. The third kappa shape index (κ3) is 4.12. The van der Waals surface area contributed by atoms with Gasteiger partial charge in [-0.3, -0.25) is 24.5 Å². The van der Waals surface area contributed by atoms with Crippen LogP contribution in [0.25, 0.3) is 0 Å². The predicted molar refractivity (Wildman–Crippen MR) is 140 cm³/mol. The molecule has 0 aliphatic carbocycles. The zero-order chi connectivity index (χ0) is 27.3. The SMILES string of the molecule is CCOC(=O)c1c(N2C(=O)[C@@H]3[C@@H](c4ccc([N+](=O)[O-])cc4)N(c4ccc(Cl)cc4)O[C@H]3C2=O)sc(C)c1C. The summed E-state index contributed by atoms with van der Waals surface area (Å²) in [5.41, 5.74) is 1.80. The molecule has 0 N–H and O–H groups in total. The van der Waals surface area contributed by atoms with Crippen LogP contribution in [-0.2, 0) is 19.2 Å². The summed E-state index contributed by atoms with van der Waals surface area (Å²) < 4.78 is 5.21. The highest BCUT2D eigenvalue weighted by atomic mass is 35.5. The summed E-state index contributed by atoms with van der Waals surface area (Å²) in [6.07, 6.45) is -1.17. The molecule has 0 radical (unpaired) electrons. The van der Waals surface area contributed by atoms with E-state index in [0.29, 0.717) is 21.8 Å². The first kappa shape index (κ1) is 25.8. The zero-order valence-electron chi connectivity index (χ0n) is 20.5. The molecule has 38 heavy (non-hydrogen) atoms. The van der Waals surface area contributed by atoms with E-state index in [-0.39, 0.29) is 22.9 Å².